The highest BCUT2D eigenvalue weighted by molar-refractivity contribution is 5.88. The molecule has 1 N–H and O–H groups in total. The number of carboxylic acids is 1. The molecule has 0 aliphatic heterocycles. The van der Waals surface area contributed by atoms with Gasteiger partial charge in [-0.1, -0.05) is 13.3 Å². The third-order valence-corrected chi connectivity index (χ3v) is 3.71. The predicted octanol–water partition coefficient (Wildman–Crippen LogP) is 3.27. The summed E-state index contributed by atoms with van der Waals surface area (Å²) in [6.45, 7) is 2.09. The number of ether oxygens (including phenoxy) is 1. The van der Waals surface area contributed by atoms with Crippen LogP contribution < -0.4 is 4.74 Å². The normalized spacial score (nSPS) is 23.1. The molecule has 1 heterocycles. The van der Waals surface area contributed by atoms with Crippen molar-refractivity contribution in [1.29, 1.82) is 0 Å². The van der Waals surface area contributed by atoms with Crippen LogP contribution in [0.5, 0.6) is 5.88 Å². The minimum Gasteiger partial charge on any atom is -0.478 e. The number of hydrogen-bond donors (Lipinski definition) is 1. The van der Waals surface area contributed by atoms with Crippen molar-refractivity contribution in [3.8, 4) is 5.88 Å². The number of hydrogen-bond acceptors (Lipinski definition) is 3. The van der Waals surface area contributed by atoms with Crippen LogP contribution in [-0.2, 0) is 0 Å². The summed E-state index contributed by atoms with van der Waals surface area (Å²) in [5, 5.41) is 8.87. The lowest BCUT2D eigenvalue weighted by Gasteiger charge is -2.30. The Hall–Kier alpha value is -1.65. The molecule has 2 atom stereocenters. The molecule has 0 amide bonds. The molecule has 1 aliphatic rings. The third-order valence-electron chi connectivity index (χ3n) is 3.71. The average Bonchev–Trinajstić information content (AvgIpc) is 2.41. The summed E-state index contributed by atoms with van der Waals surface area (Å²) in [5.74, 6) is -1.98. The SMILES string of the molecule is CCC1CCCCC1Oc1nccc(C(=O)O)c1F. The second-order valence-corrected chi connectivity index (χ2v) is 4.89. The van der Waals surface area contributed by atoms with Crippen molar-refractivity contribution < 1.29 is 19.0 Å². The van der Waals surface area contributed by atoms with Gasteiger partial charge in [0, 0.05) is 6.20 Å². The molecule has 1 aliphatic carbocycles. The number of carbonyl (C=O) groups is 1. The zero-order valence-corrected chi connectivity index (χ0v) is 10.9. The topological polar surface area (TPSA) is 59.4 Å². The first kappa shape index (κ1) is 13.8. The first-order valence-electron chi connectivity index (χ1n) is 6.68. The van der Waals surface area contributed by atoms with Gasteiger partial charge in [-0.25, -0.2) is 14.2 Å². The summed E-state index contributed by atoms with van der Waals surface area (Å²) < 4.78 is 19.6. The van der Waals surface area contributed by atoms with Crippen molar-refractivity contribution in [2.45, 2.75) is 45.1 Å². The first-order chi connectivity index (χ1) is 9.13. The summed E-state index contributed by atoms with van der Waals surface area (Å²) in [6, 6.07) is 1.14. The fourth-order valence-corrected chi connectivity index (χ4v) is 2.61. The number of nitrogens with zero attached hydrogens (tertiary/aromatic N) is 1. The molecule has 0 spiro atoms. The minimum absolute atomic E-state index is 0.0650. The van der Waals surface area contributed by atoms with Crippen LogP contribution in [0.3, 0.4) is 0 Å². The quantitative estimate of drug-likeness (QED) is 0.909. The maximum atomic E-state index is 13.9. The van der Waals surface area contributed by atoms with Gasteiger partial charge >= 0.3 is 5.97 Å². The van der Waals surface area contributed by atoms with Gasteiger partial charge in [0.25, 0.3) is 5.88 Å². The Morgan fingerprint density at radius 3 is 2.95 bits per heavy atom. The van der Waals surface area contributed by atoms with Gasteiger partial charge in [-0.05, 0) is 37.7 Å². The molecule has 0 saturated heterocycles. The van der Waals surface area contributed by atoms with Crippen LogP contribution >= 0.6 is 0 Å². The van der Waals surface area contributed by atoms with Crippen molar-refractivity contribution in [2.75, 3.05) is 0 Å². The highest BCUT2D eigenvalue weighted by Gasteiger charge is 2.27. The fourth-order valence-electron chi connectivity index (χ4n) is 2.61. The lowest BCUT2D eigenvalue weighted by Crippen LogP contribution is -2.30. The summed E-state index contributed by atoms with van der Waals surface area (Å²) >= 11 is 0. The van der Waals surface area contributed by atoms with Crippen LogP contribution in [0, 0.1) is 11.7 Å². The van der Waals surface area contributed by atoms with Crippen LogP contribution in [0.1, 0.15) is 49.4 Å². The molecule has 2 unspecified atom stereocenters. The highest BCUT2D eigenvalue weighted by Crippen LogP contribution is 2.31. The summed E-state index contributed by atoms with van der Waals surface area (Å²) in [7, 11) is 0. The molecule has 0 aromatic carbocycles. The molecule has 0 bridgehead atoms. The van der Waals surface area contributed by atoms with Crippen LogP contribution in [0.2, 0.25) is 0 Å². The van der Waals surface area contributed by atoms with E-state index in [1.54, 1.807) is 0 Å². The predicted molar refractivity (Wildman–Crippen MR) is 67.8 cm³/mol. The molecule has 5 heteroatoms. The zero-order chi connectivity index (χ0) is 13.8. The second kappa shape index (κ2) is 5.99. The van der Waals surface area contributed by atoms with Gasteiger partial charge in [-0.3, -0.25) is 0 Å². The maximum absolute atomic E-state index is 13.9. The van der Waals surface area contributed by atoms with Gasteiger partial charge in [0.15, 0.2) is 5.82 Å². The third kappa shape index (κ3) is 3.03. The number of pyridine rings is 1. The van der Waals surface area contributed by atoms with Crippen molar-refractivity contribution in [2.24, 2.45) is 5.92 Å². The van der Waals surface area contributed by atoms with Gasteiger partial charge in [0.1, 0.15) is 11.7 Å². The Kier molecular flexibility index (Phi) is 4.35. The summed E-state index contributed by atoms with van der Waals surface area (Å²) in [5.41, 5.74) is -0.395. The lowest BCUT2D eigenvalue weighted by molar-refractivity contribution is 0.0676. The highest BCUT2D eigenvalue weighted by atomic mass is 19.1. The van der Waals surface area contributed by atoms with Gasteiger partial charge < -0.3 is 9.84 Å². The summed E-state index contributed by atoms with van der Waals surface area (Å²) in [4.78, 5) is 14.7. The van der Waals surface area contributed by atoms with Crippen LogP contribution in [0.25, 0.3) is 0 Å². The average molecular weight is 267 g/mol. The number of carboxylic acid groups (broad SMARTS) is 1. The van der Waals surface area contributed by atoms with E-state index < -0.39 is 17.3 Å². The van der Waals surface area contributed by atoms with E-state index in [1.165, 1.54) is 12.6 Å². The number of aromatic nitrogens is 1. The van der Waals surface area contributed by atoms with Crippen molar-refractivity contribution in [3.63, 3.8) is 0 Å². The number of aromatic carboxylic acids is 1. The van der Waals surface area contributed by atoms with Crippen molar-refractivity contribution >= 4 is 5.97 Å². The Morgan fingerprint density at radius 1 is 1.53 bits per heavy atom. The van der Waals surface area contributed by atoms with Gasteiger partial charge in [-0.15, -0.1) is 0 Å². The van der Waals surface area contributed by atoms with Crippen LogP contribution in [0.15, 0.2) is 12.3 Å². The number of halogens is 1. The van der Waals surface area contributed by atoms with Crippen LogP contribution in [0.4, 0.5) is 4.39 Å². The molecule has 104 valence electrons. The smallest absolute Gasteiger partial charge is 0.338 e. The van der Waals surface area contributed by atoms with Crippen molar-refractivity contribution in [1.82, 2.24) is 4.98 Å². The van der Waals surface area contributed by atoms with E-state index in [-0.39, 0.29) is 12.0 Å². The molecule has 2 rings (SSSR count). The van der Waals surface area contributed by atoms with Crippen LogP contribution in [-0.4, -0.2) is 22.2 Å². The summed E-state index contributed by atoms with van der Waals surface area (Å²) in [6.07, 6.45) is 6.35. The Bertz CT molecular complexity index is 464. The molecule has 0 radical (unpaired) electrons. The molecule has 1 fully saturated rings. The molecule has 1 aromatic heterocycles. The van der Waals surface area contributed by atoms with E-state index in [0.717, 1.165) is 31.7 Å². The first-order valence-corrected chi connectivity index (χ1v) is 6.68. The molecular formula is C14H18FNO3. The molecular weight excluding hydrogens is 249 g/mol. The fraction of sp³-hybridized carbons (Fsp3) is 0.571. The lowest BCUT2D eigenvalue weighted by atomic mass is 9.85. The monoisotopic (exact) mass is 267 g/mol. The zero-order valence-electron chi connectivity index (χ0n) is 10.9. The van der Waals surface area contributed by atoms with E-state index >= 15 is 0 Å². The van der Waals surface area contributed by atoms with Gasteiger partial charge in [0.05, 0.1) is 0 Å². The minimum atomic E-state index is -1.31. The molecule has 1 saturated carbocycles. The van der Waals surface area contributed by atoms with E-state index in [0.29, 0.717) is 5.92 Å². The molecule has 1 aromatic rings. The van der Waals surface area contributed by atoms with E-state index in [2.05, 4.69) is 11.9 Å². The van der Waals surface area contributed by atoms with Gasteiger partial charge in [0.2, 0.25) is 0 Å². The largest absolute Gasteiger partial charge is 0.478 e. The Balaban J connectivity index is 2.18. The molecule has 4 nitrogen and oxygen atoms in total. The number of rotatable bonds is 4. The maximum Gasteiger partial charge on any atom is 0.338 e. The van der Waals surface area contributed by atoms with Gasteiger partial charge in [-0.2, -0.15) is 0 Å². The Morgan fingerprint density at radius 2 is 2.26 bits per heavy atom. The Labute approximate surface area is 111 Å². The standard InChI is InChI=1S/C14H18FNO3/c1-2-9-5-3-4-6-11(9)19-13-12(15)10(14(17)18)7-8-16-13/h7-9,11H,2-6H2,1H3,(H,17,18). The van der Waals surface area contributed by atoms with E-state index in [4.69, 9.17) is 9.84 Å². The molecule has 19 heavy (non-hydrogen) atoms. The van der Waals surface area contributed by atoms with Crippen molar-refractivity contribution in [3.05, 3.63) is 23.6 Å². The van der Waals surface area contributed by atoms with E-state index in [9.17, 15) is 9.18 Å². The van der Waals surface area contributed by atoms with E-state index in [1.807, 2.05) is 0 Å². The second-order valence-electron chi connectivity index (χ2n) is 4.89.